The first-order chi connectivity index (χ1) is 11.2. The Bertz CT molecular complexity index is 536. The van der Waals surface area contributed by atoms with E-state index in [2.05, 4.69) is 0 Å². The SMILES string of the molecule is CC(=O)O[C@@H](COCc1ccccc1)[C@@]1(C)CC[C@H](C(C)(C)O)O1. The number of esters is 1. The summed E-state index contributed by atoms with van der Waals surface area (Å²) in [6, 6.07) is 9.84. The highest BCUT2D eigenvalue weighted by molar-refractivity contribution is 5.66. The smallest absolute Gasteiger partial charge is 0.303 e. The van der Waals surface area contributed by atoms with Crippen molar-refractivity contribution in [1.82, 2.24) is 0 Å². The molecule has 0 unspecified atom stereocenters. The topological polar surface area (TPSA) is 65.0 Å². The summed E-state index contributed by atoms with van der Waals surface area (Å²) >= 11 is 0. The minimum Gasteiger partial charge on any atom is -0.457 e. The summed E-state index contributed by atoms with van der Waals surface area (Å²) in [5.74, 6) is -0.361. The standard InChI is InChI=1S/C19H28O5/c1-14(20)23-17(13-22-12-15-8-6-5-7-9-15)19(4)11-10-16(24-19)18(2,3)21/h5-9,16-17,21H,10-13H2,1-4H3/t16-,17+,19-/m1/s1. The van der Waals surface area contributed by atoms with Gasteiger partial charge in [-0.1, -0.05) is 30.3 Å². The molecule has 1 aliphatic rings. The summed E-state index contributed by atoms with van der Waals surface area (Å²) in [5, 5.41) is 10.2. The van der Waals surface area contributed by atoms with Gasteiger partial charge in [0.25, 0.3) is 0 Å². The second-order valence-electron chi connectivity index (χ2n) is 7.21. The molecular formula is C19H28O5. The van der Waals surface area contributed by atoms with Crippen LogP contribution in [-0.4, -0.2) is 41.1 Å². The first-order valence-electron chi connectivity index (χ1n) is 8.40. The molecule has 1 aromatic rings. The fraction of sp³-hybridized carbons (Fsp3) is 0.632. The van der Waals surface area contributed by atoms with Crippen molar-refractivity contribution < 1.29 is 24.1 Å². The van der Waals surface area contributed by atoms with Gasteiger partial charge in [0, 0.05) is 6.92 Å². The van der Waals surface area contributed by atoms with Crippen molar-refractivity contribution in [2.24, 2.45) is 0 Å². The van der Waals surface area contributed by atoms with Crippen LogP contribution in [0.3, 0.4) is 0 Å². The lowest BCUT2D eigenvalue weighted by molar-refractivity contribution is -0.189. The lowest BCUT2D eigenvalue weighted by Crippen LogP contribution is -2.47. The van der Waals surface area contributed by atoms with Gasteiger partial charge in [-0.05, 0) is 39.2 Å². The third-order valence-corrected chi connectivity index (χ3v) is 4.47. The highest BCUT2D eigenvalue weighted by atomic mass is 16.6. The molecule has 0 saturated carbocycles. The molecule has 3 atom stereocenters. The summed E-state index contributed by atoms with van der Waals surface area (Å²) in [6.45, 7) is 7.47. The number of rotatable bonds is 7. The maximum Gasteiger partial charge on any atom is 0.303 e. The Hall–Kier alpha value is -1.43. The van der Waals surface area contributed by atoms with E-state index >= 15 is 0 Å². The average molecular weight is 336 g/mol. The number of carbonyl (C=O) groups is 1. The fourth-order valence-electron chi connectivity index (χ4n) is 2.99. The Morgan fingerprint density at radius 2 is 2.08 bits per heavy atom. The molecule has 5 nitrogen and oxygen atoms in total. The van der Waals surface area contributed by atoms with Gasteiger partial charge in [-0.2, -0.15) is 0 Å². The molecule has 1 aliphatic heterocycles. The summed E-state index contributed by atoms with van der Waals surface area (Å²) in [6.07, 6.45) is 0.630. The first-order valence-corrected chi connectivity index (χ1v) is 8.40. The van der Waals surface area contributed by atoms with Gasteiger partial charge in [-0.3, -0.25) is 4.79 Å². The van der Waals surface area contributed by atoms with E-state index < -0.39 is 17.3 Å². The van der Waals surface area contributed by atoms with Crippen molar-refractivity contribution in [3.63, 3.8) is 0 Å². The van der Waals surface area contributed by atoms with E-state index in [9.17, 15) is 9.90 Å². The van der Waals surface area contributed by atoms with Crippen LogP contribution in [0.4, 0.5) is 0 Å². The van der Waals surface area contributed by atoms with E-state index in [0.29, 0.717) is 13.0 Å². The fourth-order valence-corrected chi connectivity index (χ4v) is 2.99. The summed E-state index contributed by atoms with van der Waals surface area (Å²) in [4.78, 5) is 11.5. The Morgan fingerprint density at radius 3 is 2.62 bits per heavy atom. The predicted molar refractivity (Wildman–Crippen MR) is 90.5 cm³/mol. The Kier molecular flexibility index (Phi) is 6.01. The second-order valence-corrected chi connectivity index (χ2v) is 7.21. The lowest BCUT2D eigenvalue weighted by Gasteiger charge is -2.35. The van der Waals surface area contributed by atoms with Crippen LogP contribution in [0.5, 0.6) is 0 Å². The van der Waals surface area contributed by atoms with Gasteiger partial charge < -0.3 is 19.3 Å². The van der Waals surface area contributed by atoms with Crippen LogP contribution in [0.1, 0.15) is 46.1 Å². The molecule has 5 heteroatoms. The molecule has 1 aromatic carbocycles. The zero-order valence-corrected chi connectivity index (χ0v) is 15.0. The highest BCUT2D eigenvalue weighted by Crippen LogP contribution is 2.38. The zero-order chi connectivity index (χ0) is 17.8. The van der Waals surface area contributed by atoms with Gasteiger partial charge in [0.05, 0.1) is 24.9 Å². The quantitative estimate of drug-likeness (QED) is 0.776. The molecule has 24 heavy (non-hydrogen) atoms. The molecule has 0 aliphatic carbocycles. The molecule has 2 rings (SSSR count). The predicted octanol–water partition coefficient (Wildman–Crippen LogP) is 2.84. The minimum atomic E-state index is -0.927. The van der Waals surface area contributed by atoms with Crippen molar-refractivity contribution in [2.45, 2.75) is 70.6 Å². The lowest BCUT2D eigenvalue weighted by atomic mass is 9.93. The summed E-state index contributed by atoms with van der Waals surface area (Å²) in [7, 11) is 0. The van der Waals surface area contributed by atoms with Crippen LogP contribution in [-0.2, 0) is 25.6 Å². The van der Waals surface area contributed by atoms with Crippen molar-refractivity contribution in [1.29, 1.82) is 0 Å². The number of ether oxygens (including phenoxy) is 3. The van der Waals surface area contributed by atoms with Crippen molar-refractivity contribution in [3.05, 3.63) is 35.9 Å². The zero-order valence-electron chi connectivity index (χ0n) is 15.0. The maximum atomic E-state index is 11.5. The molecule has 0 spiro atoms. The second kappa shape index (κ2) is 7.64. The van der Waals surface area contributed by atoms with E-state index in [1.54, 1.807) is 13.8 Å². The van der Waals surface area contributed by atoms with Gasteiger partial charge in [0.15, 0.2) is 6.10 Å². The largest absolute Gasteiger partial charge is 0.457 e. The third-order valence-electron chi connectivity index (χ3n) is 4.47. The molecule has 1 saturated heterocycles. The van der Waals surface area contributed by atoms with Crippen molar-refractivity contribution in [2.75, 3.05) is 6.61 Å². The third kappa shape index (κ3) is 5.03. The van der Waals surface area contributed by atoms with E-state index in [1.807, 2.05) is 37.3 Å². The monoisotopic (exact) mass is 336 g/mol. The van der Waals surface area contributed by atoms with E-state index in [4.69, 9.17) is 14.2 Å². The van der Waals surface area contributed by atoms with Crippen molar-refractivity contribution in [3.8, 4) is 0 Å². The van der Waals surface area contributed by atoms with E-state index in [0.717, 1.165) is 12.0 Å². The van der Waals surface area contributed by atoms with Gasteiger partial charge in [-0.15, -0.1) is 0 Å². The normalized spacial score (nSPS) is 25.5. The molecule has 1 heterocycles. The average Bonchev–Trinajstić information content (AvgIpc) is 2.91. The minimum absolute atomic E-state index is 0.254. The molecule has 0 bridgehead atoms. The molecule has 0 radical (unpaired) electrons. The van der Waals surface area contributed by atoms with Gasteiger partial charge in [0.2, 0.25) is 0 Å². The molecule has 1 fully saturated rings. The summed E-state index contributed by atoms with van der Waals surface area (Å²) < 4.78 is 17.3. The molecule has 134 valence electrons. The van der Waals surface area contributed by atoms with Crippen LogP contribution in [0.25, 0.3) is 0 Å². The van der Waals surface area contributed by atoms with Gasteiger partial charge >= 0.3 is 5.97 Å². The number of hydrogen-bond acceptors (Lipinski definition) is 5. The molecule has 0 aromatic heterocycles. The highest BCUT2D eigenvalue weighted by Gasteiger charge is 2.48. The van der Waals surface area contributed by atoms with Gasteiger partial charge in [-0.25, -0.2) is 0 Å². The van der Waals surface area contributed by atoms with Gasteiger partial charge in [0.1, 0.15) is 5.60 Å². The number of benzene rings is 1. The number of carbonyl (C=O) groups excluding carboxylic acids is 1. The Labute approximate surface area is 143 Å². The summed E-state index contributed by atoms with van der Waals surface area (Å²) in [5.41, 5.74) is -0.526. The Balaban J connectivity index is 1.98. The Morgan fingerprint density at radius 1 is 1.42 bits per heavy atom. The number of aliphatic hydroxyl groups is 1. The van der Waals surface area contributed by atoms with Crippen LogP contribution in [0.15, 0.2) is 30.3 Å². The van der Waals surface area contributed by atoms with Crippen LogP contribution in [0, 0.1) is 0 Å². The molecular weight excluding hydrogens is 308 g/mol. The molecule has 1 N–H and O–H groups in total. The molecule has 0 amide bonds. The van der Waals surface area contributed by atoms with Crippen molar-refractivity contribution >= 4 is 5.97 Å². The number of hydrogen-bond donors (Lipinski definition) is 1. The first kappa shape index (κ1) is 18.9. The maximum absolute atomic E-state index is 11.5. The van der Waals surface area contributed by atoms with Crippen LogP contribution in [0.2, 0.25) is 0 Å². The van der Waals surface area contributed by atoms with Crippen LogP contribution < -0.4 is 0 Å². The van der Waals surface area contributed by atoms with E-state index in [-0.39, 0.29) is 18.7 Å². The van der Waals surface area contributed by atoms with E-state index in [1.165, 1.54) is 6.92 Å². The van der Waals surface area contributed by atoms with Crippen LogP contribution >= 0.6 is 0 Å².